The monoisotopic (exact) mass is 731 g/mol. The van der Waals surface area contributed by atoms with Gasteiger partial charge in [-0.25, -0.2) is 15.0 Å². The van der Waals surface area contributed by atoms with Gasteiger partial charge in [-0.05, 0) is 102 Å². The fourth-order valence-electron chi connectivity index (χ4n) is 8.57. The van der Waals surface area contributed by atoms with Gasteiger partial charge in [0.05, 0.1) is 16.6 Å². The van der Waals surface area contributed by atoms with Crippen molar-refractivity contribution >= 4 is 38.8 Å². The van der Waals surface area contributed by atoms with Gasteiger partial charge in [-0.3, -0.25) is 0 Å². The van der Waals surface area contributed by atoms with Gasteiger partial charge in [0.2, 0.25) is 0 Å². The molecule has 5 heteroatoms. The maximum atomic E-state index is 4.96. The summed E-state index contributed by atoms with van der Waals surface area (Å²) in [6.45, 7) is 2.31. The number of fused-ring (bicyclic) bond motifs is 6. The van der Waals surface area contributed by atoms with Gasteiger partial charge >= 0.3 is 0 Å². The number of hydrogen-bond acceptors (Lipinski definition) is 3. The van der Waals surface area contributed by atoms with Crippen LogP contribution in [0.5, 0.6) is 0 Å². The quantitative estimate of drug-likeness (QED) is 0.171. The van der Waals surface area contributed by atoms with Crippen molar-refractivity contribution in [3.05, 3.63) is 193 Å². The van der Waals surface area contributed by atoms with Crippen molar-refractivity contribution in [3.63, 3.8) is 0 Å². The molecule has 0 aliphatic heterocycles. The minimum absolute atomic E-state index is 0.503. The van der Waals surface area contributed by atoms with E-state index in [2.05, 4.69) is 143 Å². The van der Waals surface area contributed by atoms with Crippen LogP contribution in [0.1, 0.15) is 18.2 Å². The van der Waals surface area contributed by atoms with Gasteiger partial charge in [-0.1, -0.05) is 122 Å². The Morgan fingerprint density at radius 3 is 1.53 bits per heavy atom. The van der Waals surface area contributed by atoms with Crippen molar-refractivity contribution in [1.29, 1.82) is 0 Å². The Morgan fingerprint density at radius 1 is 0.421 bits per heavy atom. The Labute approximate surface area is 330 Å². The highest BCUT2D eigenvalue weighted by Gasteiger charge is 2.22. The van der Waals surface area contributed by atoms with E-state index in [4.69, 9.17) is 15.0 Å². The van der Waals surface area contributed by atoms with E-state index in [0.717, 1.165) is 28.8 Å². The summed E-state index contributed by atoms with van der Waals surface area (Å²) in [7, 11) is 0. The van der Waals surface area contributed by atoms with Crippen LogP contribution in [-0.4, -0.2) is 24.1 Å². The lowest BCUT2D eigenvalue weighted by molar-refractivity contribution is 0.718. The lowest BCUT2D eigenvalue weighted by Crippen LogP contribution is -2.05. The van der Waals surface area contributed by atoms with E-state index >= 15 is 0 Å². The molecule has 11 rings (SSSR count). The van der Waals surface area contributed by atoms with Crippen molar-refractivity contribution in [2.75, 3.05) is 0 Å². The third kappa shape index (κ3) is 5.66. The molecule has 10 aromatic rings. The van der Waals surface area contributed by atoms with Crippen molar-refractivity contribution < 1.29 is 0 Å². The first-order chi connectivity index (χ1) is 28.2. The molecule has 3 heterocycles. The molecule has 0 N–H and O–H groups in total. The summed E-state index contributed by atoms with van der Waals surface area (Å²) >= 11 is 0. The number of nitrogens with zero attached hydrogens (tertiary/aromatic N) is 5. The maximum absolute atomic E-state index is 4.96. The van der Waals surface area contributed by atoms with Crippen molar-refractivity contribution in [2.24, 2.45) is 5.92 Å². The molecule has 57 heavy (non-hydrogen) atoms. The number of aromatic nitrogens is 5. The Balaban J connectivity index is 1.00. The molecule has 1 aliphatic rings. The highest BCUT2D eigenvalue weighted by atomic mass is 15.0. The second-order valence-electron chi connectivity index (χ2n) is 15.0. The van der Waals surface area contributed by atoms with Gasteiger partial charge in [0.25, 0.3) is 0 Å². The fraction of sp³-hybridized carbons (Fsp3) is 0.0577. The van der Waals surface area contributed by atoms with Gasteiger partial charge in [-0.2, -0.15) is 0 Å². The molecule has 5 nitrogen and oxygen atoms in total. The molecule has 0 bridgehead atoms. The molecular weight excluding hydrogens is 695 g/mol. The largest absolute Gasteiger partial charge is 0.310 e. The molecule has 3 aromatic heterocycles. The SMILES string of the molecule is CC1C=Cc2c(c3cc(-c4ccc5c(c4)c4ccccc4n5-c4ccc(-c5nc(-c6ccccc6)nc(-c6ccccc6)n5)cc4)ccc3n2-c2ccccc2)C1. The summed E-state index contributed by atoms with van der Waals surface area (Å²) in [5, 5.41) is 3.78. The number of para-hydroxylation sites is 2. The average Bonchev–Trinajstić information content (AvgIpc) is 3.79. The van der Waals surface area contributed by atoms with E-state index in [-0.39, 0.29) is 0 Å². The fourth-order valence-corrected chi connectivity index (χ4v) is 8.57. The third-order valence-corrected chi connectivity index (χ3v) is 11.3. The van der Waals surface area contributed by atoms with Crippen molar-refractivity contribution in [2.45, 2.75) is 13.3 Å². The molecule has 270 valence electrons. The average molecular weight is 732 g/mol. The van der Waals surface area contributed by atoms with Gasteiger partial charge in [0.15, 0.2) is 17.5 Å². The van der Waals surface area contributed by atoms with Crippen molar-refractivity contribution in [1.82, 2.24) is 24.1 Å². The molecule has 0 fully saturated rings. The summed E-state index contributed by atoms with van der Waals surface area (Å²) < 4.78 is 4.79. The van der Waals surface area contributed by atoms with Gasteiger partial charge in [0, 0.05) is 49.9 Å². The normalized spacial score (nSPS) is 13.7. The first kappa shape index (κ1) is 33.0. The Hall–Kier alpha value is -7.37. The summed E-state index contributed by atoms with van der Waals surface area (Å²) in [4.78, 5) is 14.8. The van der Waals surface area contributed by atoms with Crippen LogP contribution in [0.25, 0.3) is 95.5 Å². The van der Waals surface area contributed by atoms with E-state index in [0.29, 0.717) is 23.4 Å². The molecule has 1 aliphatic carbocycles. The molecule has 0 radical (unpaired) electrons. The van der Waals surface area contributed by atoms with Crippen LogP contribution in [0.2, 0.25) is 0 Å². The molecule has 0 saturated carbocycles. The topological polar surface area (TPSA) is 48.5 Å². The van der Waals surface area contributed by atoms with Crippen molar-refractivity contribution in [3.8, 4) is 56.7 Å². The predicted molar refractivity (Wildman–Crippen MR) is 235 cm³/mol. The number of hydrogen-bond donors (Lipinski definition) is 0. The van der Waals surface area contributed by atoms with Crippen LogP contribution in [0, 0.1) is 5.92 Å². The first-order valence-electron chi connectivity index (χ1n) is 19.6. The number of rotatable bonds is 6. The Kier molecular flexibility index (Phi) is 7.78. The van der Waals surface area contributed by atoms with Gasteiger partial charge < -0.3 is 9.13 Å². The van der Waals surface area contributed by atoms with Crippen LogP contribution < -0.4 is 0 Å². The van der Waals surface area contributed by atoms with Gasteiger partial charge in [0.1, 0.15) is 0 Å². The van der Waals surface area contributed by atoms with Crippen LogP contribution in [0.15, 0.2) is 182 Å². The summed E-state index contributed by atoms with van der Waals surface area (Å²) in [5.41, 5.74) is 13.9. The van der Waals surface area contributed by atoms with E-state index in [1.807, 2.05) is 60.7 Å². The van der Waals surface area contributed by atoms with Gasteiger partial charge in [-0.15, -0.1) is 0 Å². The summed E-state index contributed by atoms with van der Waals surface area (Å²) in [6.07, 6.45) is 5.69. The smallest absolute Gasteiger partial charge is 0.164 e. The zero-order chi connectivity index (χ0) is 37.9. The van der Waals surface area contributed by atoms with Crippen LogP contribution in [0.4, 0.5) is 0 Å². The van der Waals surface area contributed by atoms with E-state index in [9.17, 15) is 0 Å². The molecular formula is C52H37N5. The van der Waals surface area contributed by atoms with Crippen LogP contribution >= 0.6 is 0 Å². The Morgan fingerprint density at radius 2 is 0.895 bits per heavy atom. The van der Waals surface area contributed by atoms with E-state index in [1.54, 1.807) is 0 Å². The summed E-state index contributed by atoms with van der Waals surface area (Å²) in [6, 6.07) is 62.2. The maximum Gasteiger partial charge on any atom is 0.164 e. The zero-order valence-electron chi connectivity index (χ0n) is 31.4. The van der Waals surface area contributed by atoms with E-state index in [1.165, 1.54) is 60.8 Å². The van der Waals surface area contributed by atoms with Crippen LogP contribution in [0.3, 0.4) is 0 Å². The zero-order valence-corrected chi connectivity index (χ0v) is 31.4. The molecule has 1 unspecified atom stereocenters. The predicted octanol–water partition coefficient (Wildman–Crippen LogP) is 12.8. The summed E-state index contributed by atoms with van der Waals surface area (Å²) in [5.74, 6) is 2.45. The Bertz CT molecular complexity index is 3080. The standard InChI is InChI=1S/C52H37N5/c1-34-21-28-47-43(31-34)45-33-39(25-30-49(45)56(47)40-17-9-4-10-18-40)38-24-29-48-44(32-38)42-19-11-12-20-46(42)57(48)41-26-22-37(23-27-41)52-54-50(35-13-5-2-6-14-35)53-51(55-52)36-15-7-3-8-16-36/h2-30,32-34H,31H2,1H3. The van der Waals surface area contributed by atoms with E-state index < -0.39 is 0 Å². The lowest BCUT2D eigenvalue weighted by Gasteiger charge is -2.15. The molecule has 7 aromatic carbocycles. The molecule has 0 spiro atoms. The minimum Gasteiger partial charge on any atom is -0.310 e. The lowest BCUT2D eigenvalue weighted by atomic mass is 9.92. The van der Waals surface area contributed by atoms with Crippen LogP contribution in [-0.2, 0) is 6.42 Å². The highest BCUT2D eigenvalue weighted by Crippen LogP contribution is 2.40. The highest BCUT2D eigenvalue weighted by molar-refractivity contribution is 6.10. The first-order valence-corrected chi connectivity index (χ1v) is 19.6. The molecule has 0 saturated heterocycles. The molecule has 0 amide bonds. The molecule has 1 atom stereocenters. The number of benzene rings is 7. The number of allylic oxidation sites excluding steroid dienone is 1. The second-order valence-corrected chi connectivity index (χ2v) is 15.0. The third-order valence-electron chi connectivity index (χ3n) is 11.3. The minimum atomic E-state index is 0.503. The second kappa shape index (κ2) is 13.4.